The number of hydrogen-bond acceptors (Lipinski definition) is 4. The highest BCUT2D eigenvalue weighted by molar-refractivity contribution is 6.11. The van der Waals surface area contributed by atoms with Crippen LogP contribution in [0.15, 0.2) is 65.3 Å². The van der Waals surface area contributed by atoms with E-state index in [9.17, 15) is 14.4 Å². The molecule has 0 aliphatic carbocycles. The quantitative estimate of drug-likeness (QED) is 0.711. The van der Waals surface area contributed by atoms with Crippen LogP contribution in [-0.2, 0) is 10.3 Å². The van der Waals surface area contributed by atoms with Crippen molar-refractivity contribution in [3.8, 4) is 0 Å². The van der Waals surface area contributed by atoms with Gasteiger partial charge in [-0.3, -0.25) is 15.0 Å². The molecule has 130 valence electrons. The fourth-order valence-corrected chi connectivity index (χ4v) is 3.02. The molecule has 2 N–H and O–H groups in total. The normalized spacial score (nSPS) is 19.7. The van der Waals surface area contributed by atoms with Gasteiger partial charge < -0.3 is 9.73 Å². The summed E-state index contributed by atoms with van der Waals surface area (Å²) in [5, 5.41) is 3.94. The molecule has 3 aromatic rings. The Labute approximate surface area is 148 Å². The summed E-state index contributed by atoms with van der Waals surface area (Å²) in [6, 6.07) is 15.2. The van der Waals surface area contributed by atoms with Gasteiger partial charge in [0.25, 0.3) is 11.8 Å². The van der Waals surface area contributed by atoms with E-state index >= 15 is 0 Å². The molecule has 0 unspecified atom stereocenters. The Morgan fingerprint density at radius 2 is 1.77 bits per heavy atom. The molecule has 1 atom stereocenters. The van der Waals surface area contributed by atoms with E-state index in [1.807, 2.05) is 6.07 Å². The third-order valence-electron chi connectivity index (χ3n) is 4.48. The predicted molar refractivity (Wildman–Crippen MR) is 92.9 cm³/mol. The molecule has 2 heterocycles. The number of benzene rings is 2. The van der Waals surface area contributed by atoms with Gasteiger partial charge in [0.15, 0.2) is 0 Å². The van der Waals surface area contributed by atoms with Crippen LogP contribution in [0.5, 0.6) is 0 Å². The molecule has 1 aliphatic rings. The molecular weight excluding hydrogens is 334 g/mol. The van der Waals surface area contributed by atoms with Crippen molar-refractivity contribution >= 4 is 28.8 Å². The number of furan rings is 1. The number of nitrogens with zero attached hydrogens (tertiary/aromatic N) is 1. The lowest BCUT2D eigenvalue weighted by molar-refractivity contribution is -0.132. The van der Waals surface area contributed by atoms with Crippen LogP contribution in [0, 0.1) is 0 Å². The van der Waals surface area contributed by atoms with Crippen LogP contribution in [0.4, 0.5) is 4.79 Å². The molecule has 4 amide bonds. The number of imide groups is 1. The number of fused-ring (bicyclic) bond motifs is 1. The fraction of sp³-hybridized carbons (Fsp3) is 0.105. The van der Waals surface area contributed by atoms with E-state index in [1.165, 1.54) is 6.26 Å². The van der Waals surface area contributed by atoms with E-state index in [-0.39, 0.29) is 5.56 Å². The molecule has 4 rings (SSSR count). The van der Waals surface area contributed by atoms with Crippen molar-refractivity contribution in [2.45, 2.75) is 12.5 Å². The van der Waals surface area contributed by atoms with Crippen molar-refractivity contribution < 1.29 is 18.8 Å². The summed E-state index contributed by atoms with van der Waals surface area (Å²) in [7, 11) is 0. The van der Waals surface area contributed by atoms with Gasteiger partial charge in [0.1, 0.15) is 17.4 Å². The van der Waals surface area contributed by atoms with Crippen LogP contribution in [0.1, 0.15) is 22.8 Å². The van der Waals surface area contributed by atoms with Crippen molar-refractivity contribution in [1.82, 2.24) is 15.8 Å². The van der Waals surface area contributed by atoms with Gasteiger partial charge in [-0.15, -0.1) is 0 Å². The number of hydrazine groups is 1. The Bertz CT molecular complexity index is 1030. The molecule has 1 aliphatic heterocycles. The smallest absolute Gasteiger partial charge is 0.344 e. The van der Waals surface area contributed by atoms with E-state index < -0.39 is 23.4 Å². The minimum Gasteiger partial charge on any atom is -0.463 e. The number of hydrogen-bond donors (Lipinski definition) is 2. The molecule has 1 saturated heterocycles. The van der Waals surface area contributed by atoms with Gasteiger partial charge in [-0.1, -0.05) is 48.5 Å². The van der Waals surface area contributed by atoms with E-state index in [4.69, 9.17) is 4.42 Å². The van der Waals surface area contributed by atoms with Gasteiger partial charge in [0, 0.05) is 5.39 Å². The lowest BCUT2D eigenvalue weighted by atomic mass is 9.92. The van der Waals surface area contributed by atoms with Crippen LogP contribution in [0.3, 0.4) is 0 Å². The Morgan fingerprint density at radius 3 is 2.54 bits per heavy atom. The van der Waals surface area contributed by atoms with Crippen LogP contribution in [0.25, 0.3) is 11.0 Å². The zero-order valence-electron chi connectivity index (χ0n) is 13.9. The van der Waals surface area contributed by atoms with Gasteiger partial charge in [0.2, 0.25) is 0 Å². The summed E-state index contributed by atoms with van der Waals surface area (Å²) in [6.07, 6.45) is 1.30. The standard InChI is InChI=1S/C19H15N3O4/c1-19(12-7-3-2-4-8-12)17(24)22(18(25)20-19)21-16(23)14-11-26-15-10-6-5-9-13(14)15/h2-11H,1H3,(H,20,25)(H,21,23)/t19-/m1/s1. The Balaban J connectivity index is 1.61. The van der Waals surface area contributed by atoms with E-state index in [2.05, 4.69) is 10.7 Å². The Morgan fingerprint density at radius 1 is 1.08 bits per heavy atom. The minimum absolute atomic E-state index is 0.245. The monoisotopic (exact) mass is 349 g/mol. The summed E-state index contributed by atoms with van der Waals surface area (Å²) >= 11 is 0. The summed E-state index contributed by atoms with van der Waals surface area (Å²) in [6.45, 7) is 1.60. The van der Waals surface area contributed by atoms with Gasteiger partial charge in [-0.05, 0) is 18.6 Å². The lowest BCUT2D eigenvalue weighted by Crippen LogP contribution is -2.47. The maximum atomic E-state index is 12.8. The first kappa shape index (κ1) is 15.9. The highest BCUT2D eigenvalue weighted by Crippen LogP contribution is 2.28. The third-order valence-corrected chi connectivity index (χ3v) is 4.48. The first-order valence-electron chi connectivity index (χ1n) is 8.00. The molecule has 7 heteroatoms. The third kappa shape index (κ3) is 2.33. The van der Waals surface area contributed by atoms with Gasteiger partial charge in [-0.25, -0.2) is 4.79 Å². The molecule has 26 heavy (non-hydrogen) atoms. The Kier molecular flexibility index (Phi) is 3.50. The summed E-state index contributed by atoms with van der Waals surface area (Å²) in [4.78, 5) is 37.7. The van der Waals surface area contributed by atoms with Gasteiger partial charge in [0.05, 0.1) is 5.56 Å². The lowest BCUT2D eigenvalue weighted by Gasteiger charge is -2.22. The van der Waals surface area contributed by atoms with E-state index in [1.54, 1.807) is 55.5 Å². The molecule has 0 bridgehead atoms. The maximum absolute atomic E-state index is 12.8. The highest BCUT2D eigenvalue weighted by Gasteiger charge is 2.50. The molecule has 1 fully saturated rings. The van der Waals surface area contributed by atoms with Crippen molar-refractivity contribution in [3.05, 3.63) is 72.0 Å². The predicted octanol–water partition coefficient (Wildman–Crippen LogP) is 2.54. The second kappa shape index (κ2) is 5.73. The number of carbonyl (C=O) groups excluding carboxylic acids is 3. The van der Waals surface area contributed by atoms with Crippen molar-refractivity contribution in [3.63, 3.8) is 0 Å². The highest BCUT2D eigenvalue weighted by atomic mass is 16.3. The number of urea groups is 1. The summed E-state index contributed by atoms with van der Waals surface area (Å²) < 4.78 is 5.33. The zero-order chi connectivity index (χ0) is 18.3. The first-order chi connectivity index (χ1) is 12.5. The topological polar surface area (TPSA) is 91.7 Å². The largest absolute Gasteiger partial charge is 0.463 e. The van der Waals surface area contributed by atoms with Gasteiger partial charge >= 0.3 is 6.03 Å². The SMILES string of the molecule is C[C@]1(c2ccccc2)NC(=O)N(NC(=O)c2coc3ccccc23)C1=O. The van der Waals surface area contributed by atoms with Crippen LogP contribution in [0.2, 0.25) is 0 Å². The van der Waals surface area contributed by atoms with Crippen LogP contribution in [-0.4, -0.2) is 22.9 Å². The van der Waals surface area contributed by atoms with Crippen LogP contribution < -0.4 is 10.7 Å². The number of para-hydroxylation sites is 1. The molecular formula is C19H15N3O4. The number of amides is 4. The van der Waals surface area contributed by atoms with Crippen molar-refractivity contribution in [2.75, 3.05) is 0 Å². The van der Waals surface area contributed by atoms with Gasteiger partial charge in [-0.2, -0.15) is 5.01 Å². The average Bonchev–Trinajstić information content (AvgIpc) is 3.18. The second-order valence-electron chi connectivity index (χ2n) is 6.15. The molecule has 0 saturated carbocycles. The molecule has 1 aromatic heterocycles. The first-order valence-corrected chi connectivity index (χ1v) is 8.00. The second-order valence-corrected chi connectivity index (χ2v) is 6.15. The average molecular weight is 349 g/mol. The molecule has 7 nitrogen and oxygen atoms in total. The molecule has 2 aromatic carbocycles. The fourth-order valence-electron chi connectivity index (χ4n) is 3.02. The summed E-state index contributed by atoms with van der Waals surface area (Å²) in [5.74, 6) is -1.16. The maximum Gasteiger partial charge on any atom is 0.344 e. The number of rotatable bonds is 3. The van der Waals surface area contributed by atoms with Crippen molar-refractivity contribution in [1.29, 1.82) is 0 Å². The zero-order valence-corrected chi connectivity index (χ0v) is 13.9. The van der Waals surface area contributed by atoms with Crippen LogP contribution >= 0.6 is 0 Å². The Hall–Kier alpha value is -3.61. The molecule has 0 spiro atoms. The van der Waals surface area contributed by atoms with E-state index in [0.717, 1.165) is 0 Å². The number of carbonyl (C=O) groups is 3. The summed E-state index contributed by atoms with van der Waals surface area (Å²) in [5.41, 5.74) is 2.54. The number of nitrogens with one attached hydrogen (secondary N) is 2. The molecule has 0 radical (unpaired) electrons. The van der Waals surface area contributed by atoms with Crippen molar-refractivity contribution in [2.24, 2.45) is 0 Å². The van der Waals surface area contributed by atoms with E-state index in [0.29, 0.717) is 21.5 Å². The minimum atomic E-state index is -1.25.